The van der Waals surface area contributed by atoms with Crippen molar-refractivity contribution in [3.63, 3.8) is 0 Å². The van der Waals surface area contributed by atoms with Gasteiger partial charge >= 0.3 is 34.1 Å². The summed E-state index contributed by atoms with van der Waals surface area (Å²) in [5, 5.41) is 0. The topological polar surface area (TPSA) is 0 Å². The molecule has 260 valence electrons. The Bertz CT molecular complexity index is 522. The van der Waals surface area contributed by atoms with Crippen molar-refractivity contribution in [2.24, 2.45) is 0 Å². The second kappa shape index (κ2) is 35.4. The average Bonchev–Trinajstić information content (AvgIpc) is 3.88. The van der Waals surface area contributed by atoms with Gasteiger partial charge in [0.1, 0.15) is 0 Å². The predicted molar refractivity (Wildman–Crippen MR) is 198 cm³/mol. The zero-order valence-electron chi connectivity index (χ0n) is 30.1. The van der Waals surface area contributed by atoms with Crippen LogP contribution in [-0.2, 0) is 34.1 Å². The SMILES string of the molecule is C[N+](C)(CCCCCCCCCCC[C]1[CH][CH][CH][CH]1)CCCCCCCCCCC[C]1[CH][CH][CH][CH]1.[CH]1[CH][CH][CH][CH]1.[CH]1[CH][CH][CH][CH]1.[Fe+2].[Fe+2]. The van der Waals surface area contributed by atoms with E-state index >= 15 is 0 Å². The van der Waals surface area contributed by atoms with Crippen LogP contribution in [0.2, 0.25) is 0 Å². The van der Waals surface area contributed by atoms with Crippen molar-refractivity contribution in [2.45, 2.75) is 128 Å². The Balaban J connectivity index is 0.00000149. The van der Waals surface area contributed by atoms with Crippen molar-refractivity contribution in [3.05, 3.63) is 127 Å². The van der Waals surface area contributed by atoms with Gasteiger partial charge in [0.05, 0.1) is 27.2 Å². The van der Waals surface area contributed by atoms with Crippen molar-refractivity contribution < 1.29 is 38.6 Å². The summed E-state index contributed by atoms with van der Waals surface area (Å²) in [7, 11) is 4.90. The van der Waals surface area contributed by atoms with Gasteiger partial charge in [-0.05, 0) is 166 Å². The number of nitrogens with zero attached hydrogens (tertiary/aromatic N) is 1. The molecular formula is C44H68Fe2N+5. The van der Waals surface area contributed by atoms with Crippen LogP contribution in [0.5, 0.6) is 0 Å². The van der Waals surface area contributed by atoms with Gasteiger partial charge in [0.15, 0.2) is 0 Å². The van der Waals surface area contributed by atoms with E-state index in [1.165, 1.54) is 158 Å². The molecule has 0 N–H and O–H groups in total. The molecule has 4 fully saturated rings. The van der Waals surface area contributed by atoms with Crippen LogP contribution in [0, 0.1) is 127 Å². The van der Waals surface area contributed by atoms with Crippen molar-refractivity contribution in [1.82, 2.24) is 0 Å². The summed E-state index contributed by atoms with van der Waals surface area (Å²) in [4.78, 5) is 0. The second-order valence-corrected chi connectivity index (χ2v) is 13.8. The summed E-state index contributed by atoms with van der Waals surface area (Å²) in [6.45, 7) is 2.74. The summed E-state index contributed by atoms with van der Waals surface area (Å²) >= 11 is 0. The molecule has 4 saturated carbocycles. The zero-order chi connectivity index (χ0) is 31.9. The maximum absolute atomic E-state index is 2.45. The van der Waals surface area contributed by atoms with Gasteiger partial charge in [0, 0.05) is 0 Å². The van der Waals surface area contributed by atoms with Gasteiger partial charge < -0.3 is 4.48 Å². The van der Waals surface area contributed by atoms with Gasteiger partial charge in [-0.1, -0.05) is 89.9 Å². The second-order valence-electron chi connectivity index (χ2n) is 13.8. The summed E-state index contributed by atoms with van der Waals surface area (Å²) in [6.07, 6.45) is 65.9. The monoisotopic (exact) mass is 722 g/mol. The van der Waals surface area contributed by atoms with Crippen LogP contribution >= 0.6 is 0 Å². The van der Waals surface area contributed by atoms with E-state index in [9.17, 15) is 0 Å². The predicted octanol–water partition coefficient (Wildman–Crippen LogP) is 11.7. The first-order chi connectivity index (χ1) is 22.2. The summed E-state index contributed by atoms with van der Waals surface area (Å²) in [5.74, 6) is 3.04. The standard InChI is InChI=1S/C34H58N.2C5H5.2Fe/c1-35(2,31-23-15-11-7-3-5-9-13-17-25-33-27-19-20-28-33)32-24-16-12-8-4-6-10-14-18-26-34-29-21-22-30-34;2*1-2-4-5-3-1;;/h19-22,27-30H,3-18,23-26,31-32H2,1-2H3;2*1-5H;;/q+1;;;2*+2. The summed E-state index contributed by atoms with van der Waals surface area (Å²) < 4.78 is 1.23. The number of rotatable bonds is 24. The summed E-state index contributed by atoms with van der Waals surface area (Å²) in [6, 6.07) is 0. The molecule has 0 unspecified atom stereocenters. The molecule has 1 nitrogen and oxygen atoms in total. The Labute approximate surface area is 320 Å². The van der Waals surface area contributed by atoms with Crippen molar-refractivity contribution in [3.8, 4) is 0 Å². The third kappa shape index (κ3) is 31.5. The Morgan fingerprint density at radius 2 is 0.511 bits per heavy atom. The van der Waals surface area contributed by atoms with Crippen molar-refractivity contribution in [1.29, 1.82) is 0 Å². The molecule has 20 radical (unpaired) electrons. The first kappa shape index (κ1) is 48.0. The van der Waals surface area contributed by atoms with Gasteiger partial charge in [-0.3, -0.25) is 0 Å². The summed E-state index contributed by atoms with van der Waals surface area (Å²) in [5.41, 5.74) is 0. The minimum absolute atomic E-state index is 0. The normalized spacial score (nSPS) is 18.3. The van der Waals surface area contributed by atoms with E-state index in [4.69, 9.17) is 0 Å². The van der Waals surface area contributed by atoms with Crippen LogP contribution in [0.15, 0.2) is 0 Å². The fourth-order valence-electron chi connectivity index (χ4n) is 6.13. The molecular weight excluding hydrogens is 654 g/mol. The Morgan fingerprint density at radius 1 is 0.298 bits per heavy atom. The minimum Gasteiger partial charge on any atom is -0.328 e. The van der Waals surface area contributed by atoms with Crippen LogP contribution in [0.25, 0.3) is 0 Å². The van der Waals surface area contributed by atoms with Crippen LogP contribution in [0.3, 0.4) is 0 Å². The molecule has 0 aromatic rings. The molecule has 4 rings (SSSR count). The van der Waals surface area contributed by atoms with Crippen LogP contribution in [-0.4, -0.2) is 31.7 Å². The molecule has 0 heterocycles. The molecule has 0 bridgehead atoms. The Morgan fingerprint density at radius 3 is 0.766 bits per heavy atom. The van der Waals surface area contributed by atoms with E-state index in [1.807, 2.05) is 64.2 Å². The first-order valence-corrected chi connectivity index (χ1v) is 18.7. The van der Waals surface area contributed by atoms with Crippen LogP contribution in [0.4, 0.5) is 0 Å². The van der Waals surface area contributed by atoms with Gasteiger partial charge in [0.25, 0.3) is 0 Å². The smallest absolute Gasteiger partial charge is 0.328 e. The fourth-order valence-corrected chi connectivity index (χ4v) is 6.13. The van der Waals surface area contributed by atoms with E-state index in [0.717, 1.165) is 0 Å². The van der Waals surface area contributed by atoms with E-state index in [-0.39, 0.29) is 34.1 Å². The van der Waals surface area contributed by atoms with Crippen LogP contribution < -0.4 is 0 Å². The van der Waals surface area contributed by atoms with Crippen LogP contribution in [0.1, 0.15) is 128 Å². The quantitative estimate of drug-likeness (QED) is 0.0529. The van der Waals surface area contributed by atoms with Crippen molar-refractivity contribution >= 4 is 0 Å². The van der Waals surface area contributed by atoms with Gasteiger partial charge in [-0.15, -0.1) is 0 Å². The van der Waals surface area contributed by atoms with E-state index < -0.39 is 0 Å². The van der Waals surface area contributed by atoms with Crippen molar-refractivity contribution in [2.75, 3.05) is 27.2 Å². The fraction of sp³-hybridized carbons (Fsp3) is 0.545. The van der Waals surface area contributed by atoms with Gasteiger partial charge in [0.2, 0.25) is 0 Å². The Hall–Kier alpha value is 0.999. The molecule has 0 spiro atoms. The molecule has 4 aliphatic rings. The number of hydrogen-bond acceptors (Lipinski definition) is 0. The molecule has 0 amide bonds. The zero-order valence-corrected chi connectivity index (χ0v) is 32.3. The maximum Gasteiger partial charge on any atom is 2.00 e. The molecule has 0 aromatic heterocycles. The first-order valence-electron chi connectivity index (χ1n) is 18.7. The molecule has 4 aliphatic carbocycles. The third-order valence-corrected chi connectivity index (χ3v) is 9.03. The van der Waals surface area contributed by atoms with E-state index in [1.54, 1.807) is 0 Å². The average molecular weight is 723 g/mol. The van der Waals surface area contributed by atoms with E-state index in [0.29, 0.717) is 0 Å². The third-order valence-electron chi connectivity index (χ3n) is 9.03. The molecule has 3 heteroatoms. The van der Waals surface area contributed by atoms with Gasteiger partial charge in [-0.25, -0.2) is 0 Å². The molecule has 47 heavy (non-hydrogen) atoms. The Kier molecular flexibility index (Phi) is 36.2. The minimum atomic E-state index is 0. The maximum atomic E-state index is 2.45. The number of quaternary nitrogens is 1. The molecule has 0 atom stereocenters. The van der Waals surface area contributed by atoms with Gasteiger partial charge in [-0.2, -0.15) is 0 Å². The molecule has 0 aliphatic heterocycles. The molecule has 0 aromatic carbocycles. The largest absolute Gasteiger partial charge is 2.00 e. The molecule has 0 saturated heterocycles. The number of hydrogen-bond donors (Lipinski definition) is 0. The number of unbranched alkanes of at least 4 members (excludes halogenated alkanes) is 16. The van der Waals surface area contributed by atoms with E-state index in [2.05, 4.69) is 65.5 Å².